The van der Waals surface area contributed by atoms with Gasteiger partial charge in [0.15, 0.2) is 0 Å². The van der Waals surface area contributed by atoms with Gasteiger partial charge in [-0.3, -0.25) is 4.90 Å². The summed E-state index contributed by atoms with van der Waals surface area (Å²) in [5.41, 5.74) is 5.95. The van der Waals surface area contributed by atoms with Crippen LogP contribution in [0.25, 0.3) is 0 Å². The molecule has 0 unspecified atom stereocenters. The summed E-state index contributed by atoms with van der Waals surface area (Å²) in [5, 5.41) is 3.68. The molecule has 3 atom stereocenters. The first-order chi connectivity index (χ1) is 16.1. The number of benzene rings is 2. The molecule has 2 aromatic rings. The lowest BCUT2D eigenvalue weighted by atomic mass is 9.55. The zero-order valence-electron chi connectivity index (χ0n) is 19.2. The zero-order valence-corrected chi connectivity index (χ0v) is 19.2. The van der Waals surface area contributed by atoms with Crippen LogP contribution in [0.3, 0.4) is 0 Å². The average molecular weight is 437 g/mol. The van der Waals surface area contributed by atoms with Crippen LogP contribution in [0.2, 0.25) is 0 Å². The predicted molar refractivity (Wildman–Crippen MR) is 130 cm³/mol. The van der Waals surface area contributed by atoms with Crippen LogP contribution in [-0.4, -0.2) is 37.1 Å². The number of nitrogens with zero attached hydrogens (tertiary/aromatic N) is 1. The van der Waals surface area contributed by atoms with Crippen molar-refractivity contribution in [1.82, 2.24) is 4.90 Å². The highest BCUT2D eigenvalue weighted by molar-refractivity contribution is 5.93. The van der Waals surface area contributed by atoms with Gasteiger partial charge in [-0.1, -0.05) is 49.1 Å². The SMILES string of the molecule is CC[C@]12C=CCN3CC[C@]4(C(=C(C(=O)OC)C1)Nc1ccc(C#Cc5ccccc5)cc14)[C@@H]32. The molecule has 0 aromatic heterocycles. The number of carbonyl (C=O) groups excluding carboxylic acids is 1. The average Bonchev–Trinajstić information content (AvgIpc) is 3.42. The Bertz CT molecular complexity index is 1270. The molecule has 6 rings (SSSR count). The van der Waals surface area contributed by atoms with Gasteiger partial charge in [-0.25, -0.2) is 4.79 Å². The minimum atomic E-state index is -0.234. The van der Waals surface area contributed by atoms with Crippen molar-refractivity contribution in [2.75, 3.05) is 25.5 Å². The Morgan fingerprint density at radius 1 is 1.18 bits per heavy atom. The molecule has 4 heteroatoms. The molecule has 1 fully saturated rings. The monoisotopic (exact) mass is 436 g/mol. The Labute approximate surface area is 195 Å². The number of carbonyl (C=O) groups is 1. The van der Waals surface area contributed by atoms with Gasteiger partial charge in [-0.15, -0.1) is 0 Å². The Morgan fingerprint density at radius 3 is 2.79 bits per heavy atom. The molecule has 166 valence electrons. The number of fused-ring (bicyclic) bond motifs is 1. The largest absolute Gasteiger partial charge is 0.466 e. The molecular weight excluding hydrogens is 408 g/mol. The number of nitrogens with one attached hydrogen (secondary N) is 1. The normalized spacial score (nSPS) is 28.8. The summed E-state index contributed by atoms with van der Waals surface area (Å²) in [4.78, 5) is 15.6. The van der Waals surface area contributed by atoms with E-state index in [4.69, 9.17) is 4.74 Å². The van der Waals surface area contributed by atoms with E-state index in [9.17, 15) is 4.79 Å². The predicted octanol–water partition coefficient (Wildman–Crippen LogP) is 4.62. The molecule has 0 saturated carbocycles. The third-order valence-corrected chi connectivity index (χ3v) is 8.19. The Morgan fingerprint density at radius 2 is 2.00 bits per heavy atom. The van der Waals surface area contributed by atoms with Crippen molar-refractivity contribution in [1.29, 1.82) is 0 Å². The highest BCUT2D eigenvalue weighted by atomic mass is 16.5. The number of hydrogen-bond acceptors (Lipinski definition) is 4. The van der Waals surface area contributed by atoms with Gasteiger partial charge >= 0.3 is 5.97 Å². The molecule has 3 aliphatic heterocycles. The number of ether oxygens (including phenoxy) is 1. The third-order valence-electron chi connectivity index (χ3n) is 8.19. The summed E-state index contributed by atoms with van der Waals surface area (Å²) in [5.74, 6) is 6.46. The molecule has 1 saturated heterocycles. The van der Waals surface area contributed by atoms with Gasteiger partial charge in [0.2, 0.25) is 0 Å². The van der Waals surface area contributed by atoms with E-state index in [0.29, 0.717) is 12.5 Å². The Balaban J connectivity index is 1.54. The number of esters is 1. The molecule has 0 radical (unpaired) electrons. The molecule has 0 amide bonds. The maximum Gasteiger partial charge on any atom is 0.335 e. The lowest BCUT2D eigenvalue weighted by Gasteiger charge is -2.53. The van der Waals surface area contributed by atoms with Crippen molar-refractivity contribution >= 4 is 11.7 Å². The number of methoxy groups -OCH3 is 1. The first-order valence-electron chi connectivity index (χ1n) is 11.8. The second kappa shape index (κ2) is 7.37. The minimum Gasteiger partial charge on any atom is -0.466 e. The quantitative estimate of drug-likeness (QED) is 0.424. The summed E-state index contributed by atoms with van der Waals surface area (Å²) in [6, 6.07) is 16.9. The maximum atomic E-state index is 13.0. The van der Waals surface area contributed by atoms with E-state index < -0.39 is 0 Å². The van der Waals surface area contributed by atoms with Gasteiger partial charge in [0.05, 0.1) is 18.1 Å². The molecular formula is C29H28N2O2. The zero-order chi connectivity index (χ0) is 22.6. The number of anilines is 1. The van der Waals surface area contributed by atoms with E-state index >= 15 is 0 Å². The van der Waals surface area contributed by atoms with Crippen molar-refractivity contribution in [2.45, 2.75) is 37.6 Å². The minimum absolute atomic E-state index is 0.0726. The van der Waals surface area contributed by atoms with Crippen molar-refractivity contribution in [3.8, 4) is 11.8 Å². The molecule has 2 aromatic carbocycles. The molecule has 4 aliphatic rings. The van der Waals surface area contributed by atoms with E-state index in [-0.39, 0.29) is 16.8 Å². The first kappa shape index (κ1) is 20.3. The molecule has 1 N–H and O–H groups in total. The van der Waals surface area contributed by atoms with Crippen LogP contribution >= 0.6 is 0 Å². The van der Waals surface area contributed by atoms with Crippen LogP contribution < -0.4 is 5.32 Å². The van der Waals surface area contributed by atoms with E-state index in [1.165, 1.54) is 12.7 Å². The fourth-order valence-corrected chi connectivity index (χ4v) is 6.80. The van der Waals surface area contributed by atoms with E-state index in [0.717, 1.165) is 54.0 Å². The van der Waals surface area contributed by atoms with Gasteiger partial charge < -0.3 is 10.1 Å². The second-order valence-electron chi connectivity index (χ2n) is 9.63. The fraction of sp³-hybridized carbons (Fsp3) is 0.345. The van der Waals surface area contributed by atoms with Gasteiger partial charge in [-0.2, -0.15) is 0 Å². The summed E-state index contributed by atoms with van der Waals surface area (Å²) >= 11 is 0. The van der Waals surface area contributed by atoms with Crippen molar-refractivity contribution in [3.05, 3.63) is 88.6 Å². The topological polar surface area (TPSA) is 41.6 Å². The molecule has 4 nitrogen and oxygen atoms in total. The Kier molecular flexibility index (Phi) is 4.54. The lowest BCUT2D eigenvalue weighted by Crippen LogP contribution is -2.58. The Hall–Kier alpha value is -3.29. The van der Waals surface area contributed by atoms with Gasteiger partial charge in [-0.05, 0) is 55.2 Å². The van der Waals surface area contributed by atoms with Gasteiger partial charge in [0.25, 0.3) is 0 Å². The third kappa shape index (κ3) is 2.79. The van der Waals surface area contributed by atoms with Gasteiger partial charge in [0, 0.05) is 47.1 Å². The highest BCUT2D eigenvalue weighted by Gasteiger charge is 2.65. The smallest absolute Gasteiger partial charge is 0.335 e. The van der Waals surface area contributed by atoms with E-state index in [1.54, 1.807) is 0 Å². The van der Waals surface area contributed by atoms with Crippen LogP contribution in [0, 0.1) is 17.3 Å². The summed E-state index contributed by atoms with van der Waals surface area (Å²) in [6.07, 6.45) is 7.38. The van der Waals surface area contributed by atoms with E-state index in [1.807, 2.05) is 30.3 Å². The maximum absolute atomic E-state index is 13.0. The highest BCUT2D eigenvalue weighted by Crippen LogP contribution is 2.64. The summed E-state index contributed by atoms with van der Waals surface area (Å²) in [6.45, 7) is 4.25. The second-order valence-corrected chi connectivity index (χ2v) is 9.63. The van der Waals surface area contributed by atoms with E-state index in [2.05, 4.69) is 59.3 Å². The fourth-order valence-electron chi connectivity index (χ4n) is 6.80. The van der Waals surface area contributed by atoms with Crippen LogP contribution in [0.1, 0.15) is 42.9 Å². The molecule has 33 heavy (non-hydrogen) atoms. The van der Waals surface area contributed by atoms with Crippen LogP contribution in [-0.2, 0) is 14.9 Å². The molecule has 1 spiro atoms. The standard InChI is InChI=1S/C29H28N2O2/c1-3-28-14-7-16-31-17-15-29(27(28)31)23-18-21(11-10-20-8-5-4-6-9-20)12-13-24(23)30-25(29)22(19-28)26(32)33-2/h4-9,12-14,18,27,30H,3,15-17,19H2,1-2H3/t27-,28-,29-/m0/s1. The van der Waals surface area contributed by atoms with Crippen LogP contribution in [0.5, 0.6) is 0 Å². The molecule has 0 bridgehead atoms. The molecule has 1 aliphatic carbocycles. The van der Waals surface area contributed by atoms with Gasteiger partial charge in [0.1, 0.15) is 0 Å². The van der Waals surface area contributed by atoms with Crippen molar-refractivity contribution in [3.63, 3.8) is 0 Å². The van der Waals surface area contributed by atoms with Crippen molar-refractivity contribution < 1.29 is 9.53 Å². The van der Waals surface area contributed by atoms with Crippen LogP contribution in [0.4, 0.5) is 5.69 Å². The summed E-state index contributed by atoms with van der Waals surface area (Å²) < 4.78 is 5.28. The number of rotatable bonds is 2. The summed E-state index contributed by atoms with van der Waals surface area (Å²) in [7, 11) is 1.49. The number of hydrogen-bond donors (Lipinski definition) is 1. The first-order valence-corrected chi connectivity index (χ1v) is 11.8. The van der Waals surface area contributed by atoms with Crippen LogP contribution in [0.15, 0.2) is 72.0 Å². The molecule has 3 heterocycles. The lowest BCUT2D eigenvalue weighted by molar-refractivity contribution is -0.137. The van der Waals surface area contributed by atoms with Crippen molar-refractivity contribution in [2.24, 2.45) is 5.41 Å².